The van der Waals surface area contributed by atoms with Crippen molar-refractivity contribution in [2.24, 2.45) is 0 Å². The molecule has 1 saturated heterocycles. The van der Waals surface area contributed by atoms with Crippen LogP contribution in [0.3, 0.4) is 0 Å². The van der Waals surface area contributed by atoms with E-state index in [0.717, 1.165) is 0 Å². The molecular formula is C15H27BO4. The minimum Gasteiger partial charge on any atom is -0.460 e. The summed E-state index contributed by atoms with van der Waals surface area (Å²) >= 11 is 0. The number of hydrogen-bond acceptors (Lipinski definition) is 4. The van der Waals surface area contributed by atoms with Gasteiger partial charge >= 0.3 is 13.1 Å². The lowest BCUT2D eigenvalue weighted by atomic mass is 9.89. The summed E-state index contributed by atoms with van der Waals surface area (Å²) in [7, 11) is -0.348. The Balaban J connectivity index is 2.35. The van der Waals surface area contributed by atoms with Crippen LogP contribution < -0.4 is 0 Å². The molecule has 0 aromatic heterocycles. The highest BCUT2D eigenvalue weighted by Crippen LogP contribution is 2.36. The van der Waals surface area contributed by atoms with Gasteiger partial charge in [0.2, 0.25) is 0 Å². The van der Waals surface area contributed by atoms with Gasteiger partial charge in [-0.05, 0) is 54.9 Å². The molecule has 0 saturated carbocycles. The van der Waals surface area contributed by atoms with E-state index >= 15 is 0 Å². The molecule has 0 aromatic rings. The van der Waals surface area contributed by atoms with E-state index in [9.17, 15) is 4.79 Å². The van der Waals surface area contributed by atoms with E-state index in [4.69, 9.17) is 14.0 Å². The van der Waals surface area contributed by atoms with E-state index in [1.54, 1.807) is 0 Å². The first-order valence-corrected chi connectivity index (χ1v) is 7.17. The molecule has 0 bridgehead atoms. The Morgan fingerprint density at radius 2 is 1.65 bits per heavy atom. The van der Waals surface area contributed by atoms with E-state index in [1.807, 2.05) is 60.5 Å². The Labute approximate surface area is 123 Å². The second kappa shape index (κ2) is 5.90. The van der Waals surface area contributed by atoms with Crippen LogP contribution in [0.4, 0.5) is 0 Å². The summed E-state index contributed by atoms with van der Waals surface area (Å²) in [5.41, 5.74) is -1.08. The quantitative estimate of drug-likeness (QED) is 0.586. The number of rotatable bonds is 4. The van der Waals surface area contributed by atoms with Gasteiger partial charge in [0.25, 0.3) is 0 Å². The zero-order chi connectivity index (χ0) is 15.6. The van der Waals surface area contributed by atoms with E-state index in [0.29, 0.717) is 12.8 Å². The number of esters is 1. The van der Waals surface area contributed by atoms with Crippen LogP contribution in [0.25, 0.3) is 0 Å². The predicted octanol–water partition coefficient (Wildman–Crippen LogP) is 3.30. The maximum atomic E-state index is 11.5. The fourth-order valence-electron chi connectivity index (χ4n) is 1.77. The predicted molar refractivity (Wildman–Crippen MR) is 80.3 cm³/mol. The van der Waals surface area contributed by atoms with Crippen molar-refractivity contribution < 1.29 is 18.8 Å². The van der Waals surface area contributed by atoms with E-state index in [-0.39, 0.29) is 24.3 Å². The molecule has 5 heteroatoms. The molecule has 20 heavy (non-hydrogen) atoms. The normalized spacial score (nSPS) is 21.4. The second-order valence-corrected chi connectivity index (χ2v) is 7.18. The third-order valence-corrected chi connectivity index (χ3v) is 3.50. The summed E-state index contributed by atoms with van der Waals surface area (Å²) in [6.07, 6.45) is 2.90. The van der Waals surface area contributed by atoms with Gasteiger partial charge in [-0.1, -0.05) is 12.1 Å². The smallest absolute Gasteiger partial charge is 0.460 e. The highest BCUT2D eigenvalue weighted by molar-refractivity contribution is 6.51. The average Bonchev–Trinajstić information content (AvgIpc) is 2.40. The number of ether oxygens (including phenoxy) is 1. The van der Waals surface area contributed by atoms with Crippen molar-refractivity contribution in [3.05, 3.63) is 12.1 Å². The molecule has 1 rings (SSSR count). The Morgan fingerprint density at radius 1 is 1.15 bits per heavy atom. The summed E-state index contributed by atoms with van der Waals surface area (Å²) in [6.45, 7) is 13.7. The van der Waals surface area contributed by atoms with Crippen molar-refractivity contribution in [3.63, 3.8) is 0 Å². The van der Waals surface area contributed by atoms with E-state index in [2.05, 4.69) is 0 Å². The second-order valence-electron chi connectivity index (χ2n) is 7.18. The highest BCUT2D eigenvalue weighted by atomic mass is 16.7. The van der Waals surface area contributed by atoms with Crippen molar-refractivity contribution >= 4 is 13.1 Å². The number of allylic oxidation sites excluding steroid dienone is 1. The number of carbonyl (C=O) groups is 1. The van der Waals surface area contributed by atoms with Crippen molar-refractivity contribution in [3.8, 4) is 0 Å². The lowest BCUT2D eigenvalue weighted by Gasteiger charge is -2.32. The maximum absolute atomic E-state index is 11.5. The van der Waals surface area contributed by atoms with Gasteiger partial charge in [0.1, 0.15) is 5.60 Å². The molecule has 0 spiro atoms. The van der Waals surface area contributed by atoms with Crippen LogP contribution >= 0.6 is 0 Å². The molecule has 114 valence electrons. The SMILES string of the molecule is CC(C)(C)OC(=O)CCC=CB1OC(C)(C)C(C)(C)O1. The largest absolute Gasteiger partial charge is 0.486 e. The molecule has 0 aromatic carbocycles. The molecule has 0 radical (unpaired) electrons. The minimum atomic E-state index is -0.424. The standard InChI is InChI=1S/C15H27BO4/c1-13(2,3)18-12(17)10-8-9-11-16-19-14(4,5)15(6,7)20-16/h9,11H,8,10H2,1-7H3. The van der Waals surface area contributed by atoms with Gasteiger partial charge in [-0.15, -0.1) is 0 Å². The monoisotopic (exact) mass is 282 g/mol. The molecule has 1 fully saturated rings. The van der Waals surface area contributed by atoms with E-state index in [1.165, 1.54) is 0 Å². The molecule has 0 unspecified atom stereocenters. The van der Waals surface area contributed by atoms with Crippen molar-refractivity contribution in [2.45, 2.75) is 78.1 Å². The third kappa shape index (κ3) is 4.95. The van der Waals surface area contributed by atoms with Crippen molar-refractivity contribution in [2.75, 3.05) is 0 Å². The summed E-state index contributed by atoms with van der Waals surface area (Å²) in [4.78, 5) is 11.5. The van der Waals surface area contributed by atoms with Gasteiger partial charge in [0.05, 0.1) is 11.2 Å². The Hall–Kier alpha value is -0.805. The summed E-state index contributed by atoms with van der Waals surface area (Å²) in [5, 5.41) is 0. The van der Waals surface area contributed by atoms with Crippen LogP contribution in [0.15, 0.2) is 12.1 Å². The first kappa shape index (κ1) is 17.2. The van der Waals surface area contributed by atoms with Crippen molar-refractivity contribution in [1.29, 1.82) is 0 Å². The van der Waals surface area contributed by atoms with Crippen molar-refractivity contribution in [1.82, 2.24) is 0 Å². The third-order valence-electron chi connectivity index (χ3n) is 3.50. The van der Waals surface area contributed by atoms with Gasteiger partial charge in [-0.25, -0.2) is 0 Å². The summed E-state index contributed by atoms with van der Waals surface area (Å²) in [6, 6.07) is 0. The molecule has 1 aliphatic heterocycles. The fraction of sp³-hybridized carbons (Fsp3) is 0.800. The lowest BCUT2D eigenvalue weighted by molar-refractivity contribution is -0.154. The molecule has 0 amide bonds. The Kier molecular flexibility index (Phi) is 5.09. The van der Waals surface area contributed by atoms with Crippen LogP contribution in [0, 0.1) is 0 Å². The Morgan fingerprint density at radius 3 is 2.10 bits per heavy atom. The maximum Gasteiger partial charge on any atom is 0.486 e. The lowest BCUT2D eigenvalue weighted by Crippen LogP contribution is -2.41. The van der Waals surface area contributed by atoms with Crippen LogP contribution in [-0.4, -0.2) is 29.9 Å². The minimum absolute atomic E-state index is 0.184. The van der Waals surface area contributed by atoms with Gasteiger partial charge in [-0.2, -0.15) is 0 Å². The summed E-state index contributed by atoms with van der Waals surface area (Å²) in [5.74, 6) is 1.68. The van der Waals surface area contributed by atoms with Crippen LogP contribution in [-0.2, 0) is 18.8 Å². The molecule has 0 N–H and O–H groups in total. The molecule has 0 aliphatic carbocycles. The highest BCUT2D eigenvalue weighted by Gasteiger charge is 2.49. The van der Waals surface area contributed by atoms with Crippen LogP contribution in [0.5, 0.6) is 0 Å². The van der Waals surface area contributed by atoms with Gasteiger partial charge in [0.15, 0.2) is 0 Å². The zero-order valence-electron chi connectivity index (χ0n) is 13.8. The summed E-state index contributed by atoms with van der Waals surface area (Å²) < 4.78 is 16.9. The molecule has 1 heterocycles. The molecular weight excluding hydrogens is 255 g/mol. The van der Waals surface area contributed by atoms with Crippen LogP contribution in [0.2, 0.25) is 0 Å². The molecule has 4 nitrogen and oxygen atoms in total. The average molecular weight is 282 g/mol. The van der Waals surface area contributed by atoms with Gasteiger partial charge < -0.3 is 14.0 Å². The molecule has 1 aliphatic rings. The van der Waals surface area contributed by atoms with E-state index < -0.39 is 5.60 Å². The molecule has 0 atom stereocenters. The fourth-order valence-corrected chi connectivity index (χ4v) is 1.77. The first-order valence-electron chi connectivity index (χ1n) is 7.17. The van der Waals surface area contributed by atoms with Gasteiger partial charge in [0, 0.05) is 6.42 Å². The van der Waals surface area contributed by atoms with Gasteiger partial charge in [-0.3, -0.25) is 4.79 Å². The number of carbonyl (C=O) groups excluding carboxylic acids is 1. The topological polar surface area (TPSA) is 44.8 Å². The number of hydrogen-bond donors (Lipinski definition) is 0. The first-order chi connectivity index (χ1) is 8.93. The zero-order valence-corrected chi connectivity index (χ0v) is 13.8. The Bertz CT molecular complexity index is 364. The van der Waals surface area contributed by atoms with Crippen LogP contribution in [0.1, 0.15) is 61.3 Å².